The summed E-state index contributed by atoms with van der Waals surface area (Å²) < 4.78 is 11.7. The van der Waals surface area contributed by atoms with Gasteiger partial charge in [0.1, 0.15) is 11.4 Å². The van der Waals surface area contributed by atoms with E-state index in [1.54, 1.807) is 11.8 Å². The van der Waals surface area contributed by atoms with Gasteiger partial charge in [-0.2, -0.15) is 0 Å². The first kappa shape index (κ1) is 17.3. The third-order valence-electron chi connectivity index (χ3n) is 4.35. The van der Waals surface area contributed by atoms with Crippen LogP contribution < -0.4 is 0 Å². The Morgan fingerprint density at radius 2 is 2.05 bits per heavy atom. The van der Waals surface area contributed by atoms with E-state index in [0.717, 1.165) is 38.6 Å². The molecule has 2 fully saturated rings. The molecule has 2 aliphatic heterocycles. The predicted octanol–water partition coefficient (Wildman–Crippen LogP) is 3.30. The average Bonchev–Trinajstić information content (AvgIpc) is 2.77. The second kappa shape index (κ2) is 6.57. The molecular formula is C17H29NO4. The Hall–Kier alpha value is -1.10. The normalized spacial score (nSPS) is 28.9. The van der Waals surface area contributed by atoms with Crippen LogP contribution in [-0.4, -0.2) is 47.2 Å². The van der Waals surface area contributed by atoms with Gasteiger partial charge in [-0.25, -0.2) is 4.79 Å². The van der Waals surface area contributed by atoms with Crippen molar-refractivity contribution < 1.29 is 19.1 Å². The lowest BCUT2D eigenvalue weighted by atomic mass is 9.90. The van der Waals surface area contributed by atoms with E-state index in [2.05, 4.69) is 0 Å². The molecular weight excluding hydrogens is 282 g/mol. The van der Waals surface area contributed by atoms with Gasteiger partial charge in [-0.05, 0) is 59.8 Å². The smallest absolute Gasteiger partial charge is 0.410 e. The average molecular weight is 311 g/mol. The monoisotopic (exact) mass is 311 g/mol. The van der Waals surface area contributed by atoms with Crippen molar-refractivity contribution in [3.8, 4) is 0 Å². The fraction of sp³-hybridized carbons (Fsp3) is 0.882. The van der Waals surface area contributed by atoms with Gasteiger partial charge in [0.25, 0.3) is 0 Å². The number of rotatable bonds is 3. The van der Waals surface area contributed by atoms with E-state index >= 15 is 0 Å². The van der Waals surface area contributed by atoms with Crippen LogP contribution in [0.2, 0.25) is 0 Å². The number of ketones is 1. The number of piperidine rings is 1. The first-order valence-electron chi connectivity index (χ1n) is 8.34. The number of carbonyl (C=O) groups is 2. The molecule has 0 radical (unpaired) electrons. The fourth-order valence-corrected chi connectivity index (χ4v) is 3.34. The zero-order valence-corrected chi connectivity index (χ0v) is 14.3. The molecule has 2 rings (SSSR count). The molecule has 0 aromatic carbocycles. The molecule has 2 aliphatic rings. The minimum absolute atomic E-state index is 0.155. The summed E-state index contributed by atoms with van der Waals surface area (Å²) in [6.07, 6.45) is 5.16. The lowest BCUT2D eigenvalue weighted by Gasteiger charge is -2.40. The first-order chi connectivity index (χ1) is 10.2. The van der Waals surface area contributed by atoms with Crippen molar-refractivity contribution in [2.45, 2.75) is 83.5 Å². The highest BCUT2D eigenvalue weighted by Gasteiger charge is 2.44. The van der Waals surface area contributed by atoms with Crippen molar-refractivity contribution in [3.63, 3.8) is 0 Å². The molecule has 0 aromatic heterocycles. The molecule has 0 aromatic rings. The van der Waals surface area contributed by atoms with Crippen LogP contribution in [0, 0.1) is 0 Å². The predicted molar refractivity (Wildman–Crippen MR) is 83.8 cm³/mol. The van der Waals surface area contributed by atoms with Gasteiger partial charge in [0, 0.05) is 13.0 Å². The maximum atomic E-state index is 12.3. The summed E-state index contributed by atoms with van der Waals surface area (Å²) in [6.45, 7) is 8.61. The van der Waals surface area contributed by atoms with Crippen LogP contribution in [0.25, 0.3) is 0 Å². The Bertz CT molecular complexity index is 429. The maximum absolute atomic E-state index is 12.3. The van der Waals surface area contributed by atoms with E-state index in [0.29, 0.717) is 13.0 Å². The molecule has 2 heterocycles. The van der Waals surface area contributed by atoms with Gasteiger partial charge < -0.3 is 19.2 Å². The Morgan fingerprint density at radius 3 is 2.68 bits per heavy atom. The van der Waals surface area contributed by atoms with E-state index in [1.807, 2.05) is 20.8 Å². The molecule has 0 unspecified atom stereocenters. The summed E-state index contributed by atoms with van der Waals surface area (Å²) >= 11 is 0. The molecule has 0 aliphatic carbocycles. The Kier molecular flexibility index (Phi) is 5.15. The highest BCUT2D eigenvalue weighted by molar-refractivity contribution is 5.75. The van der Waals surface area contributed by atoms with Crippen molar-refractivity contribution in [2.24, 2.45) is 0 Å². The van der Waals surface area contributed by atoms with Crippen molar-refractivity contribution in [2.75, 3.05) is 13.1 Å². The zero-order valence-electron chi connectivity index (χ0n) is 14.3. The van der Waals surface area contributed by atoms with Crippen LogP contribution in [0.3, 0.4) is 0 Å². The minimum Gasteiger partial charge on any atom is -0.444 e. The fourth-order valence-electron chi connectivity index (χ4n) is 3.34. The lowest BCUT2D eigenvalue weighted by Crippen LogP contribution is -2.51. The van der Waals surface area contributed by atoms with Gasteiger partial charge in [0.15, 0.2) is 0 Å². The molecule has 2 saturated heterocycles. The number of carbonyl (C=O) groups excluding carboxylic acids is 2. The van der Waals surface area contributed by atoms with Gasteiger partial charge in [0.2, 0.25) is 0 Å². The number of hydrogen-bond donors (Lipinski definition) is 0. The third-order valence-corrected chi connectivity index (χ3v) is 4.35. The Labute approximate surface area is 133 Å². The largest absolute Gasteiger partial charge is 0.444 e. The van der Waals surface area contributed by atoms with Crippen LogP contribution in [0.4, 0.5) is 4.79 Å². The summed E-state index contributed by atoms with van der Waals surface area (Å²) in [5.41, 5.74) is -0.696. The van der Waals surface area contributed by atoms with Crippen molar-refractivity contribution in [1.82, 2.24) is 4.90 Å². The summed E-state index contributed by atoms with van der Waals surface area (Å²) in [5, 5.41) is 0. The number of hydrogen-bond acceptors (Lipinski definition) is 4. The Morgan fingerprint density at radius 1 is 1.32 bits per heavy atom. The Balaban J connectivity index is 1.90. The van der Waals surface area contributed by atoms with Gasteiger partial charge in [-0.1, -0.05) is 0 Å². The molecule has 0 N–H and O–H groups in total. The second-order valence-electron chi connectivity index (χ2n) is 7.71. The van der Waals surface area contributed by atoms with E-state index in [9.17, 15) is 9.59 Å². The van der Waals surface area contributed by atoms with E-state index in [-0.39, 0.29) is 23.6 Å². The minimum atomic E-state index is -0.470. The van der Waals surface area contributed by atoms with E-state index < -0.39 is 5.60 Å². The van der Waals surface area contributed by atoms with Crippen LogP contribution in [0.15, 0.2) is 0 Å². The number of amides is 1. The molecule has 5 heteroatoms. The topological polar surface area (TPSA) is 55.8 Å². The van der Waals surface area contributed by atoms with Crippen LogP contribution >= 0.6 is 0 Å². The number of likely N-dealkylation sites (tertiary alicyclic amines) is 1. The molecule has 0 bridgehead atoms. The van der Waals surface area contributed by atoms with E-state index in [1.165, 1.54) is 0 Å². The van der Waals surface area contributed by atoms with Crippen molar-refractivity contribution in [1.29, 1.82) is 0 Å². The SMILES string of the molecule is CC(=O)CC[C@@H]1CC[C@@]2(CCCN(C(=O)OC(C)(C)C)C2)O1. The lowest BCUT2D eigenvalue weighted by molar-refractivity contribution is -0.119. The van der Waals surface area contributed by atoms with E-state index in [4.69, 9.17) is 9.47 Å². The van der Waals surface area contributed by atoms with Gasteiger partial charge in [0.05, 0.1) is 18.2 Å². The summed E-state index contributed by atoms with van der Waals surface area (Å²) in [6, 6.07) is 0. The highest BCUT2D eigenvalue weighted by atomic mass is 16.6. The van der Waals surface area contributed by atoms with Gasteiger partial charge in [-0.3, -0.25) is 0 Å². The molecule has 1 spiro atoms. The van der Waals surface area contributed by atoms with Crippen LogP contribution in [0.5, 0.6) is 0 Å². The van der Waals surface area contributed by atoms with Crippen molar-refractivity contribution >= 4 is 11.9 Å². The molecule has 5 nitrogen and oxygen atoms in total. The summed E-state index contributed by atoms with van der Waals surface area (Å²) in [7, 11) is 0. The maximum Gasteiger partial charge on any atom is 0.410 e. The molecule has 126 valence electrons. The first-order valence-corrected chi connectivity index (χ1v) is 8.34. The van der Waals surface area contributed by atoms with Gasteiger partial charge in [-0.15, -0.1) is 0 Å². The third kappa shape index (κ3) is 4.70. The standard InChI is InChI=1S/C17H29NO4/c1-13(19)6-7-14-8-10-17(21-14)9-5-11-18(12-17)15(20)22-16(2,3)4/h14H,5-12H2,1-4H3/t14-,17-/m1/s1. The second-order valence-corrected chi connectivity index (χ2v) is 7.71. The number of Topliss-reactive ketones (excluding diaryl/α,β-unsaturated/α-hetero) is 1. The van der Waals surface area contributed by atoms with Crippen molar-refractivity contribution in [3.05, 3.63) is 0 Å². The van der Waals surface area contributed by atoms with Crippen LogP contribution in [-0.2, 0) is 14.3 Å². The van der Waals surface area contributed by atoms with Gasteiger partial charge >= 0.3 is 6.09 Å². The number of nitrogens with zero attached hydrogens (tertiary/aromatic N) is 1. The number of ether oxygens (including phenoxy) is 2. The summed E-state index contributed by atoms with van der Waals surface area (Å²) in [4.78, 5) is 25.2. The summed E-state index contributed by atoms with van der Waals surface area (Å²) in [5.74, 6) is 0.212. The highest BCUT2D eigenvalue weighted by Crippen LogP contribution is 2.39. The molecule has 1 amide bonds. The zero-order chi connectivity index (χ0) is 16.4. The molecule has 2 atom stereocenters. The molecule has 0 saturated carbocycles. The van der Waals surface area contributed by atoms with Crippen LogP contribution in [0.1, 0.15) is 66.2 Å². The quantitative estimate of drug-likeness (QED) is 0.802. The molecule has 22 heavy (non-hydrogen) atoms.